The third-order valence-electron chi connectivity index (χ3n) is 2.45. The largest absolute Gasteiger partial charge is 0.497 e. The van der Waals surface area contributed by atoms with Gasteiger partial charge in [-0.2, -0.15) is 0 Å². The van der Waals surface area contributed by atoms with Crippen LogP contribution in [-0.4, -0.2) is 24.0 Å². The Balaban J connectivity index is 2.35. The van der Waals surface area contributed by atoms with Crippen molar-refractivity contribution in [3.05, 3.63) is 51.7 Å². The van der Waals surface area contributed by atoms with Gasteiger partial charge in [0, 0.05) is 5.56 Å². The molecule has 0 fully saturated rings. The minimum atomic E-state index is -1.09. The van der Waals surface area contributed by atoms with Crippen molar-refractivity contribution < 1.29 is 19.4 Å². The third-order valence-corrected chi connectivity index (χ3v) is 3.37. The number of hydrogen-bond acceptors (Lipinski definition) is 4. The van der Waals surface area contributed by atoms with Crippen LogP contribution < -0.4 is 4.74 Å². The van der Waals surface area contributed by atoms with Crippen molar-refractivity contribution in [1.29, 1.82) is 0 Å². The molecule has 0 saturated carbocycles. The normalized spacial score (nSPS) is 10.1. The molecular weight excluding hydrogens is 252 g/mol. The van der Waals surface area contributed by atoms with Crippen molar-refractivity contribution >= 4 is 23.1 Å². The second-order valence-electron chi connectivity index (χ2n) is 3.53. The van der Waals surface area contributed by atoms with Crippen molar-refractivity contribution in [3.8, 4) is 5.75 Å². The number of aromatic carboxylic acids is 1. The van der Waals surface area contributed by atoms with E-state index in [1.807, 2.05) is 0 Å². The summed E-state index contributed by atoms with van der Waals surface area (Å²) in [6.45, 7) is 0. The Bertz CT molecular complexity index is 583. The topological polar surface area (TPSA) is 63.6 Å². The Morgan fingerprint density at radius 3 is 2.39 bits per heavy atom. The summed E-state index contributed by atoms with van der Waals surface area (Å²) in [6.07, 6.45) is 0. The summed E-state index contributed by atoms with van der Waals surface area (Å²) >= 11 is 1.13. The summed E-state index contributed by atoms with van der Waals surface area (Å²) in [4.78, 5) is 23.3. The molecule has 1 aromatic heterocycles. The van der Waals surface area contributed by atoms with E-state index in [9.17, 15) is 9.59 Å². The van der Waals surface area contributed by atoms with Crippen LogP contribution in [-0.2, 0) is 0 Å². The highest BCUT2D eigenvalue weighted by molar-refractivity contribution is 7.12. The smallest absolute Gasteiger partial charge is 0.337 e. The molecule has 0 aliphatic heterocycles. The summed E-state index contributed by atoms with van der Waals surface area (Å²) < 4.78 is 5.00. The fourth-order valence-corrected chi connectivity index (χ4v) is 2.37. The molecule has 0 radical (unpaired) electrons. The van der Waals surface area contributed by atoms with Gasteiger partial charge in [-0.15, -0.1) is 11.3 Å². The number of hydrogen-bond donors (Lipinski definition) is 1. The molecule has 0 aliphatic rings. The lowest BCUT2D eigenvalue weighted by Crippen LogP contribution is -2.06. The van der Waals surface area contributed by atoms with Crippen LogP contribution in [0, 0.1) is 0 Å². The second-order valence-corrected chi connectivity index (χ2v) is 4.44. The average Bonchev–Trinajstić information content (AvgIpc) is 2.87. The maximum Gasteiger partial charge on any atom is 0.337 e. The SMILES string of the molecule is COc1ccc(C(=O)c2sccc2C(=O)O)cc1. The van der Waals surface area contributed by atoms with Gasteiger partial charge in [0.05, 0.1) is 17.6 Å². The predicted molar refractivity (Wildman–Crippen MR) is 67.7 cm³/mol. The first-order valence-electron chi connectivity index (χ1n) is 5.13. The van der Waals surface area contributed by atoms with Crippen LogP contribution in [0.1, 0.15) is 25.6 Å². The molecule has 0 amide bonds. The van der Waals surface area contributed by atoms with E-state index in [1.165, 1.54) is 6.07 Å². The number of methoxy groups -OCH3 is 1. The number of carboxylic acid groups (broad SMARTS) is 1. The Morgan fingerprint density at radius 2 is 1.83 bits per heavy atom. The van der Waals surface area contributed by atoms with Crippen molar-refractivity contribution in [2.75, 3.05) is 7.11 Å². The van der Waals surface area contributed by atoms with Crippen LogP contribution in [0.3, 0.4) is 0 Å². The van der Waals surface area contributed by atoms with Gasteiger partial charge >= 0.3 is 5.97 Å². The fourth-order valence-electron chi connectivity index (χ4n) is 1.53. The first-order chi connectivity index (χ1) is 8.63. The van der Waals surface area contributed by atoms with Gasteiger partial charge in [-0.3, -0.25) is 4.79 Å². The van der Waals surface area contributed by atoms with Gasteiger partial charge in [-0.25, -0.2) is 4.79 Å². The first-order valence-corrected chi connectivity index (χ1v) is 6.01. The first kappa shape index (κ1) is 12.3. The van der Waals surface area contributed by atoms with Crippen molar-refractivity contribution in [3.63, 3.8) is 0 Å². The molecule has 1 N–H and O–H groups in total. The van der Waals surface area contributed by atoms with E-state index >= 15 is 0 Å². The number of ketones is 1. The van der Waals surface area contributed by atoms with Crippen LogP contribution in [0.15, 0.2) is 35.7 Å². The zero-order chi connectivity index (χ0) is 13.1. The molecule has 4 nitrogen and oxygen atoms in total. The van der Waals surface area contributed by atoms with Gasteiger partial charge < -0.3 is 9.84 Å². The molecular formula is C13H10O4S. The Hall–Kier alpha value is -2.14. The van der Waals surface area contributed by atoms with Gasteiger partial charge in [0.2, 0.25) is 5.78 Å². The molecule has 0 aliphatic carbocycles. The standard InChI is InChI=1S/C13H10O4S/c1-17-9-4-2-8(3-5-9)11(14)12-10(13(15)16)6-7-18-12/h2-7H,1H3,(H,15,16). The molecule has 1 heterocycles. The highest BCUT2D eigenvalue weighted by atomic mass is 32.1. The highest BCUT2D eigenvalue weighted by Gasteiger charge is 2.19. The lowest BCUT2D eigenvalue weighted by molar-refractivity contribution is 0.0693. The van der Waals surface area contributed by atoms with E-state index < -0.39 is 5.97 Å². The van der Waals surface area contributed by atoms with Crippen LogP contribution in [0.5, 0.6) is 5.75 Å². The van der Waals surface area contributed by atoms with E-state index in [1.54, 1.807) is 36.8 Å². The monoisotopic (exact) mass is 262 g/mol. The van der Waals surface area contributed by atoms with E-state index in [4.69, 9.17) is 9.84 Å². The van der Waals surface area contributed by atoms with E-state index in [0.717, 1.165) is 11.3 Å². The number of carboxylic acids is 1. The number of ether oxygens (including phenoxy) is 1. The van der Waals surface area contributed by atoms with Gasteiger partial charge in [-0.05, 0) is 35.7 Å². The summed E-state index contributed by atoms with van der Waals surface area (Å²) in [6, 6.07) is 8.01. The van der Waals surface area contributed by atoms with Crippen molar-refractivity contribution in [2.45, 2.75) is 0 Å². The number of thiophene rings is 1. The predicted octanol–water partition coefficient (Wildman–Crippen LogP) is 2.69. The Labute approximate surface area is 107 Å². The van der Waals surface area contributed by atoms with E-state index in [0.29, 0.717) is 11.3 Å². The minimum absolute atomic E-state index is 0.0424. The molecule has 2 aromatic rings. The van der Waals surface area contributed by atoms with Gasteiger partial charge in [0.15, 0.2) is 0 Å². The van der Waals surface area contributed by atoms with Gasteiger partial charge in [-0.1, -0.05) is 0 Å². The minimum Gasteiger partial charge on any atom is -0.497 e. The van der Waals surface area contributed by atoms with Crippen molar-refractivity contribution in [2.24, 2.45) is 0 Å². The average molecular weight is 262 g/mol. The maximum absolute atomic E-state index is 12.1. The van der Waals surface area contributed by atoms with Crippen molar-refractivity contribution in [1.82, 2.24) is 0 Å². The number of carbonyl (C=O) groups excluding carboxylic acids is 1. The van der Waals surface area contributed by atoms with E-state index in [2.05, 4.69) is 0 Å². The van der Waals surface area contributed by atoms with Gasteiger partial charge in [0.1, 0.15) is 5.75 Å². The molecule has 5 heteroatoms. The maximum atomic E-state index is 12.1. The Morgan fingerprint density at radius 1 is 1.17 bits per heavy atom. The lowest BCUT2D eigenvalue weighted by atomic mass is 10.1. The summed E-state index contributed by atoms with van der Waals surface area (Å²) in [7, 11) is 1.54. The lowest BCUT2D eigenvalue weighted by Gasteiger charge is -2.02. The molecule has 92 valence electrons. The number of carbonyl (C=O) groups is 2. The number of rotatable bonds is 4. The molecule has 2 rings (SSSR count). The third kappa shape index (κ3) is 2.26. The van der Waals surface area contributed by atoms with Crippen LogP contribution in [0.25, 0.3) is 0 Å². The summed E-state index contributed by atoms with van der Waals surface area (Å²) in [5, 5.41) is 10.6. The Kier molecular flexibility index (Phi) is 3.43. The zero-order valence-electron chi connectivity index (χ0n) is 9.54. The summed E-state index contributed by atoms with van der Waals surface area (Å²) in [5.41, 5.74) is 0.488. The second kappa shape index (κ2) is 5.01. The molecule has 0 saturated heterocycles. The quantitative estimate of drug-likeness (QED) is 0.860. The molecule has 0 unspecified atom stereocenters. The van der Waals surface area contributed by atoms with Crippen LogP contribution >= 0.6 is 11.3 Å². The molecule has 0 atom stereocenters. The highest BCUT2D eigenvalue weighted by Crippen LogP contribution is 2.22. The molecule has 1 aromatic carbocycles. The number of benzene rings is 1. The van der Waals surface area contributed by atoms with Crippen LogP contribution in [0.4, 0.5) is 0 Å². The molecule has 18 heavy (non-hydrogen) atoms. The van der Waals surface area contributed by atoms with E-state index in [-0.39, 0.29) is 16.2 Å². The zero-order valence-corrected chi connectivity index (χ0v) is 10.4. The van der Waals surface area contributed by atoms with Crippen LogP contribution in [0.2, 0.25) is 0 Å². The van der Waals surface area contributed by atoms with Gasteiger partial charge in [0.25, 0.3) is 0 Å². The summed E-state index contributed by atoms with van der Waals surface area (Å²) in [5.74, 6) is -0.727. The fraction of sp³-hybridized carbons (Fsp3) is 0.0769. The molecule has 0 spiro atoms. The molecule has 0 bridgehead atoms.